The first kappa shape index (κ1) is 23.5. The molecule has 7 rings (SSSR count). The van der Waals surface area contributed by atoms with E-state index in [0.29, 0.717) is 11.8 Å². The molecule has 0 spiro atoms. The molecule has 36 heavy (non-hydrogen) atoms. The Bertz CT molecular complexity index is 1090. The zero-order valence-electron chi connectivity index (χ0n) is 22.7. The molecular weight excluding hydrogens is 450 g/mol. The molecule has 196 valence electrons. The summed E-state index contributed by atoms with van der Waals surface area (Å²) in [6.45, 7) is 6.74. The molecule has 5 atom stereocenters. The summed E-state index contributed by atoms with van der Waals surface area (Å²) in [6, 6.07) is 0. The van der Waals surface area contributed by atoms with Gasteiger partial charge in [-0.2, -0.15) is 0 Å². The largest absolute Gasteiger partial charge is 0.500 e. The Morgan fingerprint density at radius 1 is 1.00 bits per heavy atom. The third-order valence-electron chi connectivity index (χ3n) is 11.2. The second kappa shape index (κ2) is 8.47. The molecule has 1 heterocycles. The minimum atomic E-state index is -0.359. The van der Waals surface area contributed by atoms with Gasteiger partial charge in [0.25, 0.3) is 0 Å². The molecule has 0 amide bonds. The van der Waals surface area contributed by atoms with Crippen molar-refractivity contribution in [3.05, 3.63) is 44.9 Å². The lowest BCUT2D eigenvalue weighted by Crippen LogP contribution is -2.44. The Labute approximate surface area is 216 Å². The minimum Gasteiger partial charge on any atom is -0.500 e. The van der Waals surface area contributed by atoms with Gasteiger partial charge in [0.15, 0.2) is 0 Å². The van der Waals surface area contributed by atoms with Gasteiger partial charge in [0.05, 0.1) is 26.9 Å². The molecule has 0 unspecified atom stereocenters. The van der Waals surface area contributed by atoms with Crippen LogP contribution in [0, 0.1) is 23.2 Å². The number of hydrogen-bond donors (Lipinski definition) is 0. The van der Waals surface area contributed by atoms with E-state index in [0.717, 1.165) is 39.3 Å². The summed E-state index contributed by atoms with van der Waals surface area (Å²) in [7, 11) is 5.77. The van der Waals surface area contributed by atoms with Crippen LogP contribution < -0.4 is 0 Å². The van der Waals surface area contributed by atoms with Gasteiger partial charge < -0.3 is 23.8 Å². The average Bonchev–Trinajstić information content (AvgIpc) is 3.49. The van der Waals surface area contributed by atoms with Crippen molar-refractivity contribution in [2.45, 2.75) is 70.3 Å². The van der Waals surface area contributed by atoms with Crippen molar-refractivity contribution in [2.24, 2.45) is 23.2 Å². The van der Waals surface area contributed by atoms with Crippen LogP contribution in [0.15, 0.2) is 44.9 Å². The minimum absolute atomic E-state index is 0.119. The fourth-order valence-corrected chi connectivity index (χ4v) is 10.0. The number of nitrogens with zero attached hydrogens (tertiary/aromatic N) is 1. The van der Waals surface area contributed by atoms with Crippen LogP contribution in [0.3, 0.4) is 0 Å². The monoisotopic (exact) mass is 493 g/mol. The van der Waals surface area contributed by atoms with E-state index in [9.17, 15) is 0 Å². The average molecular weight is 494 g/mol. The summed E-state index contributed by atoms with van der Waals surface area (Å²) < 4.78 is 25.0. The summed E-state index contributed by atoms with van der Waals surface area (Å²) in [5, 5.41) is 0. The third-order valence-corrected chi connectivity index (χ3v) is 11.2. The van der Waals surface area contributed by atoms with E-state index in [-0.39, 0.29) is 16.9 Å². The molecule has 0 aromatic carbocycles. The molecule has 0 aromatic heterocycles. The zero-order valence-corrected chi connectivity index (χ0v) is 22.7. The molecule has 1 aliphatic heterocycles. The molecule has 2 bridgehead atoms. The van der Waals surface area contributed by atoms with E-state index in [4.69, 9.17) is 18.9 Å². The number of ether oxygens (including phenoxy) is 4. The number of allylic oxidation sites excluding steroid dienone is 2. The molecule has 4 fully saturated rings. The fraction of sp³-hybridized carbons (Fsp3) is 0.742. The summed E-state index contributed by atoms with van der Waals surface area (Å²) in [5.41, 5.74) is 10.9. The van der Waals surface area contributed by atoms with Crippen molar-refractivity contribution >= 4 is 0 Å². The highest BCUT2D eigenvalue weighted by molar-refractivity contribution is 5.74. The highest BCUT2D eigenvalue weighted by atomic mass is 16.5. The Morgan fingerprint density at radius 3 is 2.56 bits per heavy atom. The summed E-state index contributed by atoms with van der Waals surface area (Å²) in [4.78, 5) is 2.62. The van der Waals surface area contributed by atoms with Gasteiger partial charge in [-0.05, 0) is 55.7 Å². The summed E-state index contributed by atoms with van der Waals surface area (Å²) >= 11 is 0. The predicted molar refractivity (Wildman–Crippen MR) is 139 cm³/mol. The number of fused-ring (bicyclic) bond motifs is 4. The first-order valence-corrected chi connectivity index (χ1v) is 14.5. The zero-order chi connectivity index (χ0) is 24.7. The Kier molecular flexibility index (Phi) is 5.54. The first-order chi connectivity index (χ1) is 17.6. The van der Waals surface area contributed by atoms with Crippen LogP contribution in [-0.4, -0.2) is 64.7 Å². The number of hydrogen-bond acceptors (Lipinski definition) is 5. The van der Waals surface area contributed by atoms with Crippen LogP contribution in [0.2, 0.25) is 0 Å². The van der Waals surface area contributed by atoms with Crippen LogP contribution in [0.4, 0.5) is 0 Å². The van der Waals surface area contributed by atoms with Crippen LogP contribution in [0.25, 0.3) is 0 Å². The van der Waals surface area contributed by atoms with Gasteiger partial charge in [0.2, 0.25) is 0 Å². The lowest BCUT2D eigenvalue weighted by molar-refractivity contribution is -0.0153. The van der Waals surface area contributed by atoms with Crippen LogP contribution in [0.5, 0.6) is 0 Å². The molecule has 0 N–H and O–H groups in total. The van der Waals surface area contributed by atoms with Crippen molar-refractivity contribution < 1.29 is 18.9 Å². The van der Waals surface area contributed by atoms with Gasteiger partial charge in [0.1, 0.15) is 11.4 Å². The van der Waals surface area contributed by atoms with E-state index in [1.807, 2.05) is 21.3 Å². The smallest absolute Gasteiger partial charge is 0.122 e. The third kappa shape index (κ3) is 2.68. The van der Waals surface area contributed by atoms with Gasteiger partial charge >= 0.3 is 0 Å². The fourth-order valence-electron chi connectivity index (χ4n) is 10.0. The topological polar surface area (TPSA) is 40.2 Å². The van der Waals surface area contributed by atoms with Crippen molar-refractivity contribution in [1.29, 1.82) is 0 Å². The molecule has 1 saturated heterocycles. The van der Waals surface area contributed by atoms with Gasteiger partial charge in [0, 0.05) is 68.2 Å². The van der Waals surface area contributed by atoms with Crippen LogP contribution in [0.1, 0.15) is 64.7 Å². The molecule has 7 aliphatic rings. The number of morpholine rings is 1. The second-order valence-corrected chi connectivity index (χ2v) is 12.2. The number of methoxy groups -OCH3 is 3. The molecule has 3 saturated carbocycles. The van der Waals surface area contributed by atoms with Crippen molar-refractivity contribution in [1.82, 2.24) is 4.90 Å². The van der Waals surface area contributed by atoms with Crippen molar-refractivity contribution in [2.75, 3.05) is 54.2 Å². The van der Waals surface area contributed by atoms with Crippen molar-refractivity contribution in [3.63, 3.8) is 0 Å². The SMILES string of the molecule is COC[C@@H]1C(C)=C(N2CCOCC2)CC2=C1[C@]1(OC)C3=C(OC)[C@@H]4CCCCC4=C3[C@]23CCCC[C@@H]31. The van der Waals surface area contributed by atoms with E-state index in [2.05, 4.69) is 11.8 Å². The molecule has 0 radical (unpaired) electrons. The Hall–Kier alpha value is -1.56. The van der Waals surface area contributed by atoms with Crippen LogP contribution in [-0.2, 0) is 18.9 Å². The first-order valence-electron chi connectivity index (χ1n) is 14.5. The molecule has 6 aliphatic carbocycles. The normalized spacial score (nSPS) is 39.6. The Morgan fingerprint density at radius 2 is 1.81 bits per heavy atom. The van der Waals surface area contributed by atoms with E-state index in [1.165, 1.54) is 74.0 Å². The maximum Gasteiger partial charge on any atom is 0.122 e. The van der Waals surface area contributed by atoms with Crippen LogP contribution >= 0.6 is 0 Å². The van der Waals surface area contributed by atoms with E-state index < -0.39 is 0 Å². The molecule has 0 aromatic rings. The van der Waals surface area contributed by atoms with E-state index in [1.54, 1.807) is 22.3 Å². The summed E-state index contributed by atoms with van der Waals surface area (Å²) in [6.07, 6.45) is 11.3. The maximum atomic E-state index is 6.94. The van der Waals surface area contributed by atoms with E-state index >= 15 is 0 Å². The maximum absolute atomic E-state index is 6.94. The summed E-state index contributed by atoms with van der Waals surface area (Å²) in [5.74, 6) is 2.48. The lowest BCUT2D eigenvalue weighted by Gasteiger charge is -2.46. The second-order valence-electron chi connectivity index (χ2n) is 12.2. The number of rotatable bonds is 5. The quantitative estimate of drug-likeness (QED) is 0.470. The Balaban J connectivity index is 1.49. The highest BCUT2D eigenvalue weighted by Gasteiger charge is 2.75. The predicted octanol–water partition coefficient (Wildman–Crippen LogP) is 5.55. The molecule has 5 heteroatoms. The van der Waals surface area contributed by atoms with Gasteiger partial charge in [-0.3, -0.25) is 0 Å². The highest BCUT2D eigenvalue weighted by Crippen LogP contribution is 2.79. The lowest BCUT2D eigenvalue weighted by atomic mass is 9.60. The van der Waals surface area contributed by atoms with Gasteiger partial charge in [-0.1, -0.05) is 30.4 Å². The van der Waals surface area contributed by atoms with Gasteiger partial charge in [-0.15, -0.1) is 0 Å². The van der Waals surface area contributed by atoms with Crippen molar-refractivity contribution in [3.8, 4) is 0 Å². The van der Waals surface area contributed by atoms with Gasteiger partial charge in [-0.25, -0.2) is 0 Å². The molecular formula is C31H43NO4. The standard InChI is InChI=1S/C31H43NO4/c1-19-22(18-33-2)26-23(17-24(19)32-13-15-36-16-14-32)30-12-8-7-11-25(30)31(26,35-4)28-27(30)20-9-5-6-10-21(20)29(28)34-3/h21-22,25H,5-18H2,1-4H3/t21-,22-,25+,30-,31+/m1/s1. The molecule has 5 nitrogen and oxygen atoms in total.